The Balaban J connectivity index is 2.10. The van der Waals surface area contributed by atoms with Gasteiger partial charge in [0, 0.05) is 24.7 Å². The number of nitrogens with one attached hydrogen (secondary N) is 2. The van der Waals surface area contributed by atoms with Crippen molar-refractivity contribution in [2.75, 3.05) is 13.2 Å². The minimum atomic E-state index is -3.91. The van der Waals surface area contributed by atoms with E-state index in [1.807, 2.05) is 13.8 Å². The first-order valence-electron chi connectivity index (χ1n) is 8.49. The molecule has 10 heteroatoms. The lowest BCUT2D eigenvalue weighted by Gasteiger charge is -2.24. The Kier molecular flexibility index (Phi) is 7.07. The molecular formula is C16H25N3O6S. The van der Waals surface area contributed by atoms with Crippen LogP contribution in [0, 0.1) is 16.0 Å². The van der Waals surface area contributed by atoms with Gasteiger partial charge in [0.25, 0.3) is 5.69 Å². The number of non-ortho nitro benzene ring substituents is 1. The summed E-state index contributed by atoms with van der Waals surface area (Å²) in [6.07, 6.45) is 0.320. The summed E-state index contributed by atoms with van der Waals surface area (Å²) in [7, 11) is -3.91. The summed E-state index contributed by atoms with van der Waals surface area (Å²) in [5.74, 6) is 0.236. The highest BCUT2D eigenvalue weighted by Gasteiger charge is 2.28. The lowest BCUT2D eigenvalue weighted by Crippen LogP contribution is -2.47. The largest absolute Gasteiger partial charge is 0.367 e. The van der Waals surface area contributed by atoms with E-state index in [-0.39, 0.29) is 22.5 Å². The zero-order valence-corrected chi connectivity index (χ0v) is 15.6. The number of aliphatic hydroxyl groups is 1. The van der Waals surface area contributed by atoms with Crippen molar-refractivity contribution < 1.29 is 23.2 Å². The van der Waals surface area contributed by atoms with Crippen LogP contribution in [0.1, 0.15) is 26.7 Å². The molecule has 3 N–H and O–H groups in total. The molecular weight excluding hydrogens is 362 g/mol. The van der Waals surface area contributed by atoms with Crippen LogP contribution in [0.4, 0.5) is 5.69 Å². The van der Waals surface area contributed by atoms with Crippen molar-refractivity contribution in [1.82, 2.24) is 10.0 Å². The van der Waals surface area contributed by atoms with Gasteiger partial charge in [-0.25, -0.2) is 13.1 Å². The molecule has 9 nitrogen and oxygen atoms in total. The quantitative estimate of drug-likeness (QED) is 0.425. The van der Waals surface area contributed by atoms with Crippen molar-refractivity contribution in [3.63, 3.8) is 0 Å². The Hall–Kier alpha value is -1.59. The van der Waals surface area contributed by atoms with Gasteiger partial charge >= 0.3 is 0 Å². The van der Waals surface area contributed by atoms with Crippen molar-refractivity contribution in [3.05, 3.63) is 34.4 Å². The van der Waals surface area contributed by atoms with E-state index in [4.69, 9.17) is 4.74 Å². The summed E-state index contributed by atoms with van der Waals surface area (Å²) in [4.78, 5) is 10.1. The second-order valence-electron chi connectivity index (χ2n) is 6.77. The number of hydrogen-bond acceptors (Lipinski definition) is 7. The summed E-state index contributed by atoms with van der Waals surface area (Å²) >= 11 is 0. The summed E-state index contributed by atoms with van der Waals surface area (Å²) in [6.45, 7) is 4.72. The lowest BCUT2D eigenvalue weighted by atomic mass is 10.0. The zero-order valence-electron chi connectivity index (χ0n) is 14.8. The summed E-state index contributed by atoms with van der Waals surface area (Å²) in [5.41, 5.74) is -0.280. The van der Waals surface area contributed by atoms with Gasteiger partial charge in [0.15, 0.2) is 6.29 Å². The van der Waals surface area contributed by atoms with Crippen LogP contribution in [0.25, 0.3) is 0 Å². The number of ether oxygens (including phenoxy) is 1. The minimum absolute atomic E-state index is 0.148. The third-order valence-corrected chi connectivity index (χ3v) is 5.62. The van der Waals surface area contributed by atoms with Gasteiger partial charge in [-0.05, 0) is 24.8 Å². The Morgan fingerprint density at radius 1 is 1.42 bits per heavy atom. The fourth-order valence-corrected chi connectivity index (χ4v) is 4.15. The van der Waals surface area contributed by atoms with Crippen LogP contribution in [0.15, 0.2) is 29.2 Å². The molecule has 1 fully saturated rings. The molecule has 0 amide bonds. The molecule has 1 aromatic carbocycles. The van der Waals surface area contributed by atoms with Crippen LogP contribution in [-0.4, -0.2) is 50.0 Å². The predicted octanol–water partition coefficient (Wildman–Crippen LogP) is 0.985. The van der Waals surface area contributed by atoms with Crippen molar-refractivity contribution in [2.45, 2.75) is 50.0 Å². The highest BCUT2D eigenvalue weighted by molar-refractivity contribution is 7.89. The molecule has 0 spiro atoms. The average molecular weight is 387 g/mol. The molecule has 1 heterocycles. The number of nitro benzene ring substituents is 1. The summed E-state index contributed by atoms with van der Waals surface area (Å²) < 4.78 is 32.9. The Bertz CT molecular complexity index is 724. The fourth-order valence-electron chi connectivity index (χ4n) is 2.86. The number of benzene rings is 1. The van der Waals surface area contributed by atoms with Gasteiger partial charge in [-0.3, -0.25) is 10.1 Å². The predicted molar refractivity (Wildman–Crippen MR) is 95.0 cm³/mol. The van der Waals surface area contributed by atoms with Gasteiger partial charge in [-0.15, -0.1) is 0 Å². The van der Waals surface area contributed by atoms with Gasteiger partial charge in [-0.1, -0.05) is 19.9 Å². The zero-order chi connectivity index (χ0) is 19.3. The van der Waals surface area contributed by atoms with Crippen molar-refractivity contribution in [3.8, 4) is 0 Å². The van der Waals surface area contributed by atoms with Crippen LogP contribution in [-0.2, 0) is 14.8 Å². The van der Waals surface area contributed by atoms with E-state index in [0.29, 0.717) is 26.0 Å². The highest BCUT2D eigenvalue weighted by atomic mass is 32.2. The molecule has 1 unspecified atom stereocenters. The van der Waals surface area contributed by atoms with Crippen molar-refractivity contribution in [1.29, 1.82) is 0 Å². The third kappa shape index (κ3) is 5.71. The first-order chi connectivity index (χ1) is 12.2. The molecule has 0 aliphatic carbocycles. The first-order valence-corrected chi connectivity index (χ1v) is 9.97. The Morgan fingerprint density at radius 3 is 2.73 bits per heavy atom. The van der Waals surface area contributed by atoms with Gasteiger partial charge in [0.05, 0.1) is 22.5 Å². The normalized spacial score (nSPS) is 21.8. The van der Waals surface area contributed by atoms with Gasteiger partial charge < -0.3 is 15.2 Å². The molecule has 3 atom stereocenters. The van der Waals surface area contributed by atoms with Crippen LogP contribution < -0.4 is 10.0 Å². The van der Waals surface area contributed by atoms with E-state index in [2.05, 4.69) is 10.0 Å². The maximum absolute atomic E-state index is 12.6. The van der Waals surface area contributed by atoms with Gasteiger partial charge in [-0.2, -0.15) is 0 Å². The number of nitrogens with zero attached hydrogens (tertiary/aromatic N) is 1. The molecule has 146 valence electrons. The third-order valence-electron chi connectivity index (χ3n) is 4.10. The smallest absolute Gasteiger partial charge is 0.270 e. The molecule has 0 aromatic heterocycles. The lowest BCUT2D eigenvalue weighted by molar-refractivity contribution is -0.385. The van der Waals surface area contributed by atoms with Crippen LogP contribution in [0.5, 0.6) is 0 Å². The molecule has 1 aliphatic rings. The molecule has 2 rings (SSSR count). The molecule has 0 saturated carbocycles. The molecule has 1 saturated heterocycles. The minimum Gasteiger partial charge on any atom is -0.367 e. The number of rotatable bonds is 9. The number of aliphatic hydroxyl groups excluding tert-OH is 1. The molecule has 1 aliphatic heterocycles. The Labute approximate surface area is 152 Å². The fraction of sp³-hybridized carbons (Fsp3) is 0.625. The van der Waals surface area contributed by atoms with Gasteiger partial charge in [0.2, 0.25) is 10.0 Å². The standard InChI is InChI=1S/C16H25N3O6S/c1-11(2)8-12(10-17-15-6-7-25-16(15)20)18-26(23,24)14-5-3-4-13(9-14)19(21)22/h3-5,9,11-12,15-18,20H,6-8,10H2,1-2H3/t12-,15+,16?/m1/s1. The van der Waals surface area contributed by atoms with E-state index in [1.54, 1.807) is 0 Å². The molecule has 1 aromatic rings. The maximum Gasteiger partial charge on any atom is 0.270 e. The SMILES string of the molecule is CC(C)C[C@H](CN[C@H]1CCOC1O)NS(=O)(=O)c1cccc([N+](=O)[O-])c1. The summed E-state index contributed by atoms with van der Waals surface area (Å²) in [6, 6.07) is 4.28. The van der Waals surface area contributed by atoms with E-state index in [1.165, 1.54) is 18.2 Å². The number of sulfonamides is 1. The number of nitro groups is 1. The molecule has 26 heavy (non-hydrogen) atoms. The molecule has 0 radical (unpaired) electrons. The second-order valence-corrected chi connectivity index (χ2v) is 8.48. The second kappa shape index (κ2) is 8.87. The molecule has 0 bridgehead atoms. The van der Waals surface area contributed by atoms with Gasteiger partial charge in [0.1, 0.15) is 0 Å². The monoisotopic (exact) mass is 387 g/mol. The highest BCUT2D eigenvalue weighted by Crippen LogP contribution is 2.18. The van der Waals surface area contributed by atoms with Crippen molar-refractivity contribution >= 4 is 15.7 Å². The Morgan fingerprint density at radius 2 is 2.15 bits per heavy atom. The van der Waals surface area contributed by atoms with E-state index >= 15 is 0 Å². The topological polar surface area (TPSA) is 131 Å². The maximum atomic E-state index is 12.6. The number of hydrogen-bond donors (Lipinski definition) is 3. The first kappa shape index (κ1) is 20.7. The average Bonchev–Trinajstić information content (AvgIpc) is 2.97. The van der Waals surface area contributed by atoms with Crippen LogP contribution >= 0.6 is 0 Å². The summed E-state index contributed by atoms with van der Waals surface area (Å²) in [5, 5.41) is 23.7. The van der Waals surface area contributed by atoms with Crippen LogP contribution in [0.3, 0.4) is 0 Å². The van der Waals surface area contributed by atoms with Crippen LogP contribution in [0.2, 0.25) is 0 Å². The van der Waals surface area contributed by atoms with E-state index < -0.39 is 27.3 Å². The van der Waals surface area contributed by atoms with E-state index in [0.717, 1.165) is 6.07 Å². The van der Waals surface area contributed by atoms with Crippen molar-refractivity contribution in [2.24, 2.45) is 5.92 Å². The van der Waals surface area contributed by atoms with E-state index in [9.17, 15) is 23.6 Å².